The molecule has 0 amide bonds. The number of likely N-dealkylation sites (tertiary alicyclic amines) is 1. The first-order valence-electron chi connectivity index (χ1n) is 11.4. The highest BCUT2D eigenvalue weighted by Crippen LogP contribution is 2.19. The Kier molecular flexibility index (Phi) is 8.91. The Morgan fingerprint density at radius 1 is 1.19 bits per heavy atom. The van der Waals surface area contributed by atoms with E-state index in [0.29, 0.717) is 12.6 Å². The second-order valence-corrected chi connectivity index (χ2v) is 8.04. The number of nitrogens with zero attached hydrogens (tertiary/aromatic N) is 4. The molecule has 0 atom stereocenters. The van der Waals surface area contributed by atoms with E-state index in [-0.39, 0.29) is 0 Å². The van der Waals surface area contributed by atoms with E-state index in [2.05, 4.69) is 59.5 Å². The molecule has 1 aliphatic rings. The summed E-state index contributed by atoms with van der Waals surface area (Å²) in [5.41, 5.74) is 4.42. The topological polar surface area (TPSA) is 63.9 Å². The molecule has 31 heavy (non-hydrogen) atoms. The Bertz CT molecular complexity index is 840. The Morgan fingerprint density at radius 2 is 1.97 bits per heavy atom. The standard InChI is InChI=1S/C24H37N5O2/c1-5-25-24(28-13-11-22(12-14-28)31-16-8-15-30-4)26-18-21-9-6-7-10-23(21)29-20(3)17-19(2)27-29/h6-7,9-10,17,22H,5,8,11-16,18H2,1-4H3,(H,25,26). The van der Waals surface area contributed by atoms with Crippen LogP contribution in [0.4, 0.5) is 0 Å². The molecule has 1 saturated heterocycles. The van der Waals surface area contributed by atoms with E-state index in [1.807, 2.05) is 11.6 Å². The molecule has 170 valence electrons. The minimum atomic E-state index is 0.336. The zero-order valence-corrected chi connectivity index (χ0v) is 19.4. The van der Waals surface area contributed by atoms with Crippen LogP contribution in [0.25, 0.3) is 5.69 Å². The maximum absolute atomic E-state index is 6.00. The van der Waals surface area contributed by atoms with Gasteiger partial charge >= 0.3 is 0 Å². The molecule has 0 aliphatic carbocycles. The fourth-order valence-electron chi connectivity index (χ4n) is 4.00. The quantitative estimate of drug-likeness (QED) is 0.377. The molecule has 0 spiro atoms. The fourth-order valence-corrected chi connectivity index (χ4v) is 4.00. The molecule has 0 radical (unpaired) electrons. The number of para-hydroxylation sites is 1. The fraction of sp³-hybridized carbons (Fsp3) is 0.583. The smallest absolute Gasteiger partial charge is 0.194 e. The number of guanidine groups is 1. The van der Waals surface area contributed by atoms with Crippen molar-refractivity contribution in [2.24, 2.45) is 4.99 Å². The molecule has 2 aromatic rings. The van der Waals surface area contributed by atoms with Crippen LogP contribution < -0.4 is 5.32 Å². The zero-order chi connectivity index (χ0) is 22.1. The summed E-state index contributed by atoms with van der Waals surface area (Å²) in [5, 5.41) is 8.13. The summed E-state index contributed by atoms with van der Waals surface area (Å²) in [5.74, 6) is 0.975. The Hall–Kier alpha value is -2.38. The number of hydrogen-bond donors (Lipinski definition) is 1. The van der Waals surface area contributed by atoms with Crippen LogP contribution in [0.2, 0.25) is 0 Å². The number of hydrogen-bond acceptors (Lipinski definition) is 4. The predicted molar refractivity (Wildman–Crippen MR) is 125 cm³/mol. The number of aromatic nitrogens is 2. The Morgan fingerprint density at radius 3 is 2.65 bits per heavy atom. The van der Waals surface area contributed by atoms with Gasteiger partial charge in [-0.1, -0.05) is 18.2 Å². The summed E-state index contributed by atoms with van der Waals surface area (Å²) in [7, 11) is 1.73. The first-order valence-corrected chi connectivity index (χ1v) is 11.4. The van der Waals surface area contributed by atoms with Gasteiger partial charge in [-0.15, -0.1) is 0 Å². The van der Waals surface area contributed by atoms with Gasteiger partial charge in [0.05, 0.1) is 24.0 Å². The van der Waals surface area contributed by atoms with Gasteiger partial charge in [-0.2, -0.15) is 5.10 Å². The number of ether oxygens (including phenoxy) is 2. The van der Waals surface area contributed by atoms with Gasteiger partial charge in [-0.25, -0.2) is 9.67 Å². The molecule has 1 N–H and O–H groups in total. The van der Waals surface area contributed by atoms with Crippen LogP contribution in [-0.2, 0) is 16.0 Å². The lowest BCUT2D eigenvalue weighted by Gasteiger charge is -2.34. The van der Waals surface area contributed by atoms with Crippen molar-refractivity contribution >= 4 is 5.96 Å². The van der Waals surface area contributed by atoms with Gasteiger partial charge in [-0.05, 0) is 57.7 Å². The van der Waals surface area contributed by atoms with Gasteiger partial charge in [-0.3, -0.25) is 0 Å². The third-order valence-corrected chi connectivity index (χ3v) is 5.55. The van der Waals surface area contributed by atoms with E-state index in [4.69, 9.17) is 14.5 Å². The van der Waals surface area contributed by atoms with Crippen molar-refractivity contribution in [3.63, 3.8) is 0 Å². The van der Waals surface area contributed by atoms with Crippen molar-refractivity contribution in [2.75, 3.05) is 40.0 Å². The molecule has 7 heteroatoms. The Balaban J connectivity index is 1.64. The third-order valence-electron chi connectivity index (χ3n) is 5.55. The summed E-state index contributed by atoms with van der Waals surface area (Å²) in [6.45, 7) is 11.1. The number of rotatable bonds is 9. The minimum absolute atomic E-state index is 0.336. The number of aryl methyl sites for hydroxylation is 2. The lowest BCUT2D eigenvalue weighted by atomic mass is 10.1. The van der Waals surface area contributed by atoms with Crippen LogP contribution in [0.15, 0.2) is 35.3 Å². The average Bonchev–Trinajstić information content (AvgIpc) is 3.12. The number of nitrogens with one attached hydrogen (secondary N) is 1. The van der Waals surface area contributed by atoms with E-state index in [1.165, 1.54) is 5.56 Å². The van der Waals surface area contributed by atoms with Gasteiger partial charge < -0.3 is 19.7 Å². The lowest BCUT2D eigenvalue weighted by molar-refractivity contribution is 0.00990. The highest BCUT2D eigenvalue weighted by atomic mass is 16.5. The predicted octanol–water partition coefficient (Wildman–Crippen LogP) is 3.47. The lowest BCUT2D eigenvalue weighted by Crippen LogP contribution is -2.47. The van der Waals surface area contributed by atoms with Gasteiger partial charge in [0, 0.05) is 45.7 Å². The molecule has 3 rings (SSSR count). The van der Waals surface area contributed by atoms with Crippen molar-refractivity contribution in [3.8, 4) is 5.69 Å². The van der Waals surface area contributed by atoms with Gasteiger partial charge in [0.2, 0.25) is 0 Å². The van der Waals surface area contributed by atoms with E-state index < -0.39 is 0 Å². The second kappa shape index (κ2) is 11.9. The third kappa shape index (κ3) is 6.55. The number of piperidine rings is 1. The highest BCUT2D eigenvalue weighted by Gasteiger charge is 2.22. The van der Waals surface area contributed by atoms with Crippen molar-refractivity contribution < 1.29 is 9.47 Å². The van der Waals surface area contributed by atoms with E-state index in [0.717, 1.165) is 75.1 Å². The molecule has 1 fully saturated rings. The van der Waals surface area contributed by atoms with Crippen LogP contribution in [0.5, 0.6) is 0 Å². The largest absolute Gasteiger partial charge is 0.385 e. The molecule has 1 aliphatic heterocycles. The molecular weight excluding hydrogens is 390 g/mol. The molecule has 1 aromatic carbocycles. The van der Waals surface area contributed by atoms with Gasteiger partial charge in [0.15, 0.2) is 5.96 Å². The van der Waals surface area contributed by atoms with Crippen molar-refractivity contribution in [2.45, 2.75) is 52.7 Å². The van der Waals surface area contributed by atoms with Crippen LogP contribution in [0.3, 0.4) is 0 Å². The number of aliphatic imine (C=N–C) groups is 1. The SMILES string of the molecule is CCNC(=NCc1ccccc1-n1nc(C)cc1C)N1CCC(OCCCOC)CC1. The van der Waals surface area contributed by atoms with Gasteiger partial charge in [0.1, 0.15) is 0 Å². The van der Waals surface area contributed by atoms with Gasteiger partial charge in [0.25, 0.3) is 0 Å². The van der Waals surface area contributed by atoms with Crippen LogP contribution >= 0.6 is 0 Å². The summed E-state index contributed by atoms with van der Waals surface area (Å²) in [4.78, 5) is 7.33. The van der Waals surface area contributed by atoms with E-state index in [9.17, 15) is 0 Å². The second-order valence-electron chi connectivity index (χ2n) is 8.04. The molecular formula is C24H37N5O2. The van der Waals surface area contributed by atoms with Crippen LogP contribution in [0, 0.1) is 13.8 Å². The summed E-state index contributed by atoms with van der Waals surface area (Å²) >= 11 is 0. The first-order chi connectivity index (χ1) is 15.1. The zero-order valence-electron chi connectivity index (χ0n) is 19.4. The molecule has 0 saturated carbocycles. The van der Waals surface area contributed by atoms with Crippen molar-refractivity contribution in [1.29, 1.82) is 0 Å². The molecule has 2 heterocycles. The maximum atomic E-state index is 6.00. The maximum Gasteiger partial charge on any atom is 0.194 e. The Labute approximate surface area is 186 Å². The van der Waals surface area contributed by atoms with Crippen molar-refractivity contribution in [3.05, 3.63) is 47.3 Å². The minimum Gasteiger partial charge on any atom is -0.385 e. The normalized spacial score (nSPS) is 15.5. The number of benzene rings is 1. The monoisotopic (exact) mass is 427 g/mol. The van der Waals surface area contributed by atoms with E-state index in [1.54, 1.807) is 7.11 Å². The number of methoxy groups -OCH3 is 1. The average molecular weight is 428 g/mol. The summed E-state index contributed by atoms with van der Waals surface area (Å²) < 4.78 is 13.1. The van der Waals surface area contributed by atoms with E-state index >= 15 is 0 Å². The summed E-state index contributed by atoms with van der Waals surface area (Å²) in [6.07, 6.45) is 3.34. The molecule has 0 bridgehead atoms. The van der Waals surface area contributed by atoms with Crippen LogP contribution in [0.1, 0.15) is 43.1 Å². The first kappa shape index (κ1) is 23.3. The molecule has 1 aromatic heterocycles. The van der Waals surface area contributed by atoms with Crippen LogP contribution in [-0.4, -0.2) is 66.7 Å². The highest BCUT2D eigenvalue weighted by molar-refractivity contribution is 5.80. The molecule has 7 nitrogen and oxygen atoms in total. The summed E-state index contributed by atoms with van der Waals surface area (Å²) in [6, 6.07) is 10.5. The molecule has 0 unspecified atom stereocenters. The van der Waals surface area contributed by atoms with Crippen molar-refractivity contribution in [1.82, 2.24) is 20.0 Å².